The summed E-state index contributed by atoms with van der Waals surface area (Å²) in [4.78, 5) is 2.23. The average Bonchev–Trinajstić information content (AvgIpc) is 2.29. The van der Waals surface area contributed by atoms with Gasteiger partial charge < -0.3 is 10.2 Å². The molecule has 12 heavy (non-hydrogen) atoms. The van der Waals surface area contributed by atoms with Crippen molar-refractivity contribution in [1.82, 2.24) is 4.90 Å². The van der Waals surface area contributed by atoms with Crippen LogP contribution in [0.2, 0.25) is 0 Å². The second-order valence-corrected chi connectivity index (χ2v) is 4.16. The van der Waals surface area contributed by atoms with Crippen LogP contribution < -0.4 is 0 Å². The Hall–Kier alpha value is -0.120. The molecular formula is C9H17NO2. The molecule has 4 atom stereocenters. The Bertz CT molecular complexity index is 174. The lowest BCUT2D eigenvalue weighted by Crippen LogP contribution is -2.48. The highest BCUT2D eigenvalue weighted by Crippen LogP contribution is 2.30. The number of aliphatic hydroxyl groups is 2. The van der Waals surface area contributed by atoms with E-state index in [1.165, 1.54) is 0 Å². The molecule has 0 bridgehead atoms. The van der Waals surface area contributed by atoms with Gasteiger partial charge in [-0.3, -0.25) is 4.90 Å². The van der Waals surface area contributed by atoms with Gasteiger partial charge in [-0.05, 0) is 25.3 Å². The van der Waals surface area contributed by atoms with Gasteiger partial charge in [-0.1, -0.05) is 6.92 Å². The first-order chi connectivity index (χ1) is 5.70. The second kappa shape index (κ2) is 2.98. The molecule has 2 aliphatic rings. The van der Waals surface area contributed by atoms with Crippen molar-refractivity contribution in [3.63, 3.8) is 0 Å². The second-order valence-electron chi connectivity index (χ2n) is 4.16. The first-order valence-electron chi connectivity index (χ1n) is 4.80. The van der Waals surface area contributed by atoms with Crippen molar-refractivity contribution in [2.24, 2.45) is 5.92 Å². The van der Waals surface area contributed by atoms with Crippen LogP contribution in [0, 0.1) is 5.92 Å². The van der Waals surface area contributed by atoms with E-state index in [4.69, 9.17) is 0 Å². The number of rotatable bonds is 0. The van der Waals surface area contributed by atoms with Crippen LogP contribution in [0.15, 0.2) is 0 Å². The van der Waals surface area contributed by atoms with Gasteiger partial charge in [-0.2, -0.15) is 0 Å². The number of hydrogen-bond acceptors (Lipinski definition) is 3. The maximum Gasteiger partial charge on any atom is 0.0758 e. The minimum Gasteiger partial charge on any atom is -0.391 e. The molecule has 2 fully saturated rings. The number of nitrogens with zero attached hydrogens (tertiary/aromatic N) is 1. The Morgan fingerprint density at radius 1 is 1.33 bits per heavy atom. The first-order valence-corrected chi connectivity index (χ1v) is 4.80. The van der Waals surface area contributed by atoms with E-state index in [9.17, 15) is 10.2 Å². The average molecular weight is 171 g/mol. The van der Waals surface area contributed by atoms with Crippen LogP contribution in [-0.4, -0.2) is 46.5 Å². The molecule has 3 heteroatoms. The minimum absolute atomic E-state index is 0.0220. The zero-order valence-electron chi connectivity index (χ0n) is 7.48. The van der Waals surface area contributed by atoms with Crippen LogP contribution in [0.1, 0.15) is 19.8 Å². The highest BCUT2D eigenvalue weighted by molar-refractivity contribution is 4.97. The monoisotopic (exact) mass is 171 g/mol. The van der Waals surface area contributed by atoms with Crippen molar-refractivity contribution < 1.29 is 10.2 Å². The molecule has 4 unspecified atom stereocenters. The molecule has 0 aromatic rings. The fourth-order valence-corrected chi connectivity index (χ4v) is 2.54. The Morgan fingerprint density at radius 2 is 2.08 bits per heavy atom. The molecular weight excluding hydrogens is 154 g/mol. The smallest absolute Gasteiger partial charge is 0.0758 e. The maximum absolute atomic E-state index is 9.76. The van der Waals surface area contributed by atoms with Gasteiger partial charge in [0.1, 0.15) is 0 Å². The number of hydrogen-bond donors (Lipinski definition) is 2. The molecule has 2 rings (SSSR count). The molecule has 70 valence electrons. The molecule has 2 N–H and O–H groups in total. The van der Waals surface area contributed by atoms with Crippen molar-refractivity contribution in [1.29, 1.82) is 0 Å². The van der Waals surface area contributed by atoms with E-state index in [1.807, 2.05) is 0 Å². The number of piperidine rings is 1. The van der Waals surface area contributed by atoms with Gasteiger partial charge in [0.2, 0.25) is 0 Å². The Morgan fingerprint density at radius 3 is 2.75 bits per heavy atom. The zero-order chi connectivity index (χ0) is 8.72. The summed E-state index contributed by atoms with van der Waals surface area (Å²) >= 11 is 0. The number of fused-ring (bicyclic) bond motifs is 1. The fourth-order valence-electron chi connectivity index (χ4n) is 2.54. The molecule has 0 aliphatic carbocycles. The van der Waals surface area contributed by atoms with Gasteiger partial charge >= 0.3 is 0 Å². The van der Waals surface area contributed by atoms with Crippen LogP contribution in [0.3, 0.4) is 0 Å². The summed E-state index contributed by atoms with van der Waals surface area (Å²) in [7, 11) is 0. The van der Waals surface area contributed by atoms with Gasteiger partial charge in [0.15, 0.2) is 0 Å². The number of aliphatic hydroxyl groups excluding tert-OH is 2. The van der Waals surface area contributed by atoms with Crippen LogP contribution >= 0.6 is 0 Å². The lowest BCUT2D eigenvalue weighted by Gasteiger charge is -2.34. The van der Waals surface area contributed by atoms with Crippen LogP contribution in [-0.2, 0) is 0 Å². The summed E-state index contributed by atoms with van der Waals surface area (Å²) in [5, 5.41) is 19.4. The van der Waals surface area contributed by atoms with E-state index in [2.05, 4.69) is 11.8 Å². The SMILES string of the molecule is CC1CN2CCCC(O)C2C1O. The van der Waals surface area contributed by atoms with E-state index in [-0.39, 0.29) is 18.2 Å². The Labute approximate surface area is 73.0 Å². The molecule has 0 aromatic heterocycles. The third-order valence-corrected chi connectivity index (χ3v) is 3.22. The summed E-state index contributed by atoms with van der Waals surface area (Å²) in [6, 6.07) is 0.0220. The van der Waals surface area contributed by atoms with E-state index >= 15 is 0 Å². The van der Waals surface area contributed by atoms with Gasteiger partial charge in [0.05, 0.1) is 18.2 Å². The van der Waals surface area contributed by atoms with Gasteiger partial charge in [0, 0.05) is 6.54 Å². The summed E-state index contributed by atoms with van der Waals surface area (Å²) in [6.45, 7) is 4.04. The van der Waals surface area contributed by atoms with Crippen molar-refractivity contribution in [2.75, 3.05) is 13.1 Å². The van der Waals surface area contributed by atoms with E-state index in [0.29, 0.717) is 5.92 Å². The zero-order valence-corrected chi connectivity index (χ0v) is 7.48. The maximum atomic E-state index is 9.76. The largest absolute Gasteiger partial charge is 0.391 e. The molecule has 0 amide bonds. The summed E-state index contributed by atoms with van der Waals surface area (Å²) in [5.41, 5.74) is 0. The van der Waals surface area contributed by atoms with Crippen LogP contribution in [0.25, 0.3) is 0 Å². The van der Waals surface area contributed by atoms with E-state index in [0.717, 1.165) is 25.9 Å². The lowest BCUT2D eigenvalue weighted by atomic mass is 9.95. The van der Waals surface area contributed by atoms with Crippen molar-refractivity contribution in [3.8, 4) is 0 Å². The van der Waals surface area contributed by atoms with Crippen LogP contribution in [0.5, 0.6) is 0 Å². The molecule has 2 aliphatic heterocycles. The topological polar surface area (TPSA) is 43.7 Å². The normalized spacial score (nSPS) is 49.2. The molecule has 0 spiro atoms. The molecule has 2 heterocycles. The molecule has 0 saturated carbocycles. The fraction of sp³-hybridized carbons (Fsp3) is 1.00. The van der Waals surface area contributed by atoms with Crippen molar-refractivity contribution >= 4 is 0 Å². The molecule has 0 radical (unpaired) electrons. The van der Waals surface area contributed by atoms with E-state index in [1.54, 1.807) is 0 Å². The Kier molecular flexibility index (Phi) is 2.10. The highest BCUT2D eigenvalue weighted by Gasteiger charge is 2.43. The molecule has 0 aromatic carbocycles. The predicted molar refractivity (Wildman–Crippen MR) is 45.8 cm³/mol. The predicted octanol–water partition coefficient (Wildman–Crippen LogP) is -0.178. The van der Waals surface area contributed by atoms with Gasteiger partial charge in [0.25, 0.3) is 0 Å². The van der Waals surface area contributed by atoms with Gasteiger partial charge in [-0.15, -0.1) is 0 Å². The Balaban J connectivity index is 2.12. The van der Waals surface area contributed by atoms with Crippen LogP contribution in [0.4, 0.5) is 0 Å². The highest BCUT2D eigenvalue weighted by atomic mass is 16.3. The van der Waals surface area contributed by atoms with Gasteiger partial charge in [-0.25, -0.2) is 0 Å². The standard InChI is InChI=1S/C9H17NO2/c1-6-5-10-4-2-3-7(11)8(10)9(6)12/h6-9,11-12H,2-5H2,1H3. The summed E-state index contributed by atoms with van der Waals surface area (Å²) in [6.07, 6.45) is 1.29. The minimum atomic E-state index is -0.319. The van der Waals surface area contributed by atoms with Crippen molar-refractivity contribution in [2.45, 2.75) is 38.0 Å². The quantitative estimate of drug-likeness (QED) is 0.531. The lowest BCUT2D eigenvalue weighted by molar-refractivity contribution is -0.0164. The summed E-state index contributed by atoms with van der Waals surface area (Å²) < 4.78 is 0. The molecule has 2 saturated heterocycles. The summed E-state index contributed by atoms with van der Waals surface area (Å²) in [5.74, 6) is 0.322. The third-order valence-electron chi connectivity index (χ3n) is 3.22. The van der Waals surface area contributed by atoms with E-state index < -0.39 is 0 Å². The third kappa shape index (κ3) is 1.16. The molecule has 3 nitrogen and oxygen atoms in total. The van der Waals surface area contributed by atoms with Crippen molar-refractivity contribution in [3.05, 3.63) is 0 Å². The first kappa shape index (κ1) is 8.48.